The zero-order valence-corrected chi connectivity index (χ0v) is 12.1. The van der Waals surface area contributed by atoms with E-state index in [4.69, 9.17) is 4.74 Å². The molecule has 0 spiro atoms. The number of aromatic nitrogens is 3. The van der Waals surface area contributed by atoms with Gasteiger partial charge in [0.1, 0.15) is 5.75 Å². The SMILES string of the molecule is c1cc2c(cc1CCN1CCC(c3cn[nH]n3)C1)CCO2. The highest BCUT2D eigenvalue weighted by molar-refractivity contribution is 5.39. The average molecular weight is 284 g/mol. The Labute approximate surface area is 124 Å². The second-order valence-corrected chi connectivity index (χ2v) is 5.97. The summed E-state index contributed by atoms with van der Waals surface area (Å²) in [5, 5.41) is 10.8. The van der Waals surface area contributed by atoms with Crippen molar-refractivity contribution in [3.05, 3.63) is 41.2 Å². The molecule has 110 valence electrons. The van der Waals surface area contributed by atoms with Gasteiger partial charge in [0, 0.05) is 25.4 Å². The van der Waals surface area contributed by atoms with Gasteiger partial charge in [-0.1, -0.05) is 12.1 Å². The number of H-pyrrole nitrogens is 1. The fourth-order valence-electron chi connectivity index (χ4n) is 3.37. The molecule has 4 rings (SSSR count). The van der Waals surface area contributed by atoms with Crippen LogP contribution in [0.25, 0.3) is 0 Å². The van der Waals surface area contributed by atoms with Crippen LogP contribution >= 0.6 is 0 Å². The van der Waals surface area contributed by atoms with Crippen molar-refractivity contribution in [1.29, 1.82) is 0 Å². The second kappa shape index (κ2) is 5.48. The minimum absolute atomic E-state index is 0.539. The molecule has 3 heterocycles. The first kappa shape index (κ1) is 12.8. The normalized spacial score (nSPS) is 21.4. The van der Waals surface area contributed by atoms with E-state index in [-0.39, 0.29) is 0 Å². The summed E-state index contributed by atoms with van der Waals surface area (Å²) in [6.45, 7) is 4.21. The van der Waals surface area contributed by atoms with Crippen molar-refractivity contribution in [3.8, 4) is 5.75 Å². The number of benzene rings is 1. The number of hydrogen-bond donors (Lipinski definition) is 1. The lowest BCUT2D eigenvalue weighted by molar-refractivity contribution is 0.338. The van der Waals surface area contributed by atoms with Gasteiger partial charge in [0.05, 0.1) is 18.5 Å². The molecule has 5 nitrogen and oxygen atoms in total. The van der Waals surface area contributed by atoms with Gasteiger partial charge in [0.15, 0.2) is 0 Å². The third-order valence-corrected chi connectivity index (χ3v) is 4.59. The average Bonchev–Trinajstić information content (AvgIpc) is 3.24. The summed E-state index contributed by atoms with van der Waals surface area (Å²) in [6.07, 6.45) is 5.21. The molecule has 2 aliphatic heterocycles. The highest BCUT2D eigenvalue weighted by Gasteiger charge is 2.25. The van der Waals surface area contributed by atoms with Crippen LogP contribution in [0, 0.1) is 0 Å². The van der Waals surface area contributed by atoms with Crippen LogP contribution in [0.5, 0.6) is 5.75 Å². The molecule has 0 bridgehead atoms. The van der Waals surface area contributed by atoms with Crippen LogP contribution in [0.1, 0.15) is 29.2 Å². The first-order valence-corrected chi connectivity index (χ1v) is 7.71. The third-order valence-electron chi connectivity index (χ3n) is 4.59. The van der Waals surface area contributed by atoms with Crippen LogP contribution in [0.4, 0.5) is 0 Å². The van der Waals surface area contributed by atoms with E-state index in [1.165, 1.54) is 17.5 Å². The van der Waals surface area contributed by atoms with Crippen LogP contribution < -0.4 is 4.74 Å². The number of likely N-dealkylation sites (tertiary alicyclic amines) is 1. The zero-order chi connectivity index (χ0) is 14.1. The van der Waals surface area contributed by atoms with Gasteiger partial charge in [-0.2, -0.15) is 15.4 Å². The Morgan fingerprint density at radius 3 is 3.29 bits per heavy atom. The number of rotatable bonds is 4. The smallest absolute Gasteiger partial charge is 0.122 e. The predicted octanol–water partition coefficient (Wildman–Crippen LogP) is 1.77. The van der Waals surface area contributed by atoms with Crippen molar-refractivity contribution in [2.24, 2.45) is 0 Å². The molecular formula is C16H20N4O. The van der Waals surface area contributed by atoms with Crippen LogP contribution in [0.2, 0.25) is 0 Å². The Hall–Kier alpha value is -1.88. The Morgan fingerprint density at radius 2 is 2.38 bits per heavy atom. The zero-order valence-electron chi connectivity index (χ0n) is 12.1. The maximum atomic E-state index is 5.56. The highest BCUT2D eigenvalue weighted by Crippen LogP contribution is 2.27. The summed E-state index contributed by atoms with van der Waals surface area (Å²) >= 11 is 0. The van der Waals surface area contributed by atoms with Crippen LogP contribution in [0.15, 0.2) is 24.4 Å². The number of ether oxygens (including phenoxy) is 1. The summed E-state index contributed by atoms with van der Waals surface area (Å²) in [4.78, 5) is 2.53. The minimum Gasteiger partial charge on any atom is -0.493 e. The molecule has 21 heavy (non-hydrogen) atoms. The summed E-state index contributed by atoms with van der Waals surface area (Å²) < 4.78 is 5.56. The van der Waals surface area contributed by atoms with Gasteiger partial charge in [0.2, 0.25) is 0 Å². The number of hydrogen-bond acceptors (Lipinski definition) is 4. The van der Waals surface area contributed by atoms with E-state index >= 15 is 0 Å². The van der Waals surface area contributed by atoms with Gasteiger partial charge in [0.25, 0.3) is 0 Å². The lowest BCUT2D eigenvalue weighted by Crippen LogP contribution is -2.23. The number of nitrogens with one attached hydrogen (secondary N) is 1. The monoisotopic (exact) mass is 284 g/mol. The minimum atomic E-state index is 0.539. The van der Waals surface area contributed by atoms with Crippen molar-refractivity contribution >= 4 is 0 Å². The number of nitrogens with zero attached hydrogens (tertiary/aromatic N) is 3. The van der Waals surface area contributed by atoms with Crippen LogP contribution in [-0.4, -0.2) is 46.6 Å². The topological polar surface area (TPSA) is 54.0 Å². The van der Waals surface area contributed by atoms with Gasteiger partial charge < -0.3 is 9.64 Å². The van der Waals surface area contributed by atoms with E-state index in [0.717, 1.165) is 50.5 Å². The Morgan fingerprint density at radius 1 is 1.38 bits per heavy atom. The van der Waals surface area contributed by atoms with Crippen molar-refractivity contribution < 1.29 is 4.74 Å². The maximum absolute atomic E-state index is 5.56. The molecular weight excluding hydrogens is 264 g/mol. The molecule has 1 saturated heterocycles. The molecule has 2 aromatic rings. The maximum Gasteiger partial charge on any atom is 0.122 e. The molecule has 1 unspecified atom stereocenters. The van der Waals surface area contributed by atoms with Gasteiger partial charge in [-0.15, -0.1) is 0 Å². The molecule has 0 amide bonds. The van der Waals surface area contributed by atoms with Crippen molar-refractivity contribution in [2.45, 2.75) is 25.2 Å². The standard InChI is InChI=1S/C16H20N4O/c1-2-16-13(5-8-21-16)9-12(1)3-6-20-7-4-14(11-20)15-10-17-19-18-15/h1-2,9-10,14H,3-8,11H2,(H,17,18,19). The molecule has 1 aromatic heterocycles. The molecule has 1 fully saturated rings. The molecule has 1 atom stereocenters. The van der Waals surface area contributed by atoms with Crippen LogP contribution in [-0.2, 0) is 12.8 Å². The molecule has 2 aliphatic rings. The summed E-state index contributed by atoms with van der Waals surface area (Å²) in [5.41, 5.74) is 3.89. The summed E-state index contributed by atoms with van der Waals surface area (Å²) in [7, 11) is 0. The molecule has 1 aromatic carbocycles. The van der Waals surface area contributed by atoms with Crippen molar-refractivity contribution in [2.75, 3.05) is 26.2 Å². The van der Waals surface area contributed by atoms with E-state index in [0.29, 0.717) is 5.92 Å². The first-order chi connectivity index (χ1) is 10.4. The summed E-state index contributed by atoms with van der Waals surface area (Å²) in [5.74, 6) is 1.61. The van der Waals surface area contributed by atoms with Gasteiger partial charge in [-0.05, 0) is 36.6 Å². The van der Waals surface area contributed by atoms with E-state index in [2.05, 4.69) is 38.5 Å². The summed E-state index contributed by atoms with van der Waals surface area (Å²) in [6, 6.07) is 6.64. The van der Waals surface area contributed by atoms with E-state index in [9.17, 15) is 0 Å². The largest absolute Gasteiger partial charge is 0.493 e. The molecule has 0 aliphatic carbocycles. The lowest BCUT2D eigenvalue weighted by Gasteiger charge is -2.15. The van der Waals surface area contributed by atoms with Crippen LogP contribution in [0.3, 0.4) is 0 Å². The molecule has 5 heteroatoms. The van der Waals surface area contributed by atoms with Crippen molar-refractivity contribution in [3.63, 3.8) is 0 Å². The quantitative estimate of drug-likeness (QED) is 0.929. The van der Waals surface area contributed by atoms with Crippen molar-refractivity contribution in [1.82, 2.24) is 20.3 Å². The highest BCUT2D eigenvalue weighted by atomic mass is 16.5. The fourth-order valence-corrected chi connectivity index (χ4v) is 3.37. The van der Waals surface area contributed by atoms with E-state index < -0.39 is 0 Å². The Kier molecular flexibility index (Phi) is 3.35. The fraction of sp³-hybridized carbons (Fsp3) is 0.500. The van der Waals surface area contributed by atoms with Gasteiger partial charge in [-0.3, -0.25) is 0 Å². The number of aromatic amines is 1. The molecule has 0 radical (unpaired) electrons. The lowest BCUT2D eigenvalue weighted by atomic mass is 10.1. The number of fused-ring (bicyclic) bond motifs is 1. The van der Waals surface area contributed by atoms with E-state index in [1.54, 1.807) is 0 Å². The third kappa shape index (κ3) is 2.65. The van der Waals surface area contributed by atoms with Gasteiger partial charge >= 0.3 is 0 Å². The molecule has 0 saturated carbocycles. The Balaban J connectivity index is 1.33. The molecule has 1 N–H and O–H groups in total. The second-order valence-electron chi connectivity index (χ2n) is 5.97. The predicted molar refractivity (Wildman–Crippen MR) is 79.5 cm³/mol. The van der Waals surface area contributed by atoms with E-state index in [1.807, 2.05) is 6.20 Å². The first-order valence-electron chi connectivity index (χ1n) is 7.71. The van der Waals surface area contributed by atoms with Gasteiger partial charge in [-0.25, -0.2) is 0 Å². The Bertz CT molecular complexity index is 611.